The van der Waals surface area contributed by atoms with E-state index in [4.69, 9.17) is 9.47 Å². The van der Waals surface area contributed by atoms with E-state index in [1.807, 2.05) is 45.0 Å². The van der Waals surface area contributed by atoms with Crippen molar-refractivity contribution in [3.05, 3.63) is 64.7 Å². The van der Waals surface area contributed by atoms with E-state index < -0.39 is 12.1 Å². The minimum absolute atomic E-state index is 0.365. The molecule has 5 nitrogen and oxygen atoms in total. The van der Waals surface area contributed by atoms with Crippen molar-refractivity contribution >= 4 is 23.6 Å². The van der Waals surface area contributed by atoms with Gasteiger partial charge in [0, 0.05) is 11.8 Å². The highest BCUT2D eigenvalue weighted by molar-refractivity contribution is 5.97. The number of nitrogens with one attached hydrogen (secondary N) is 1. The lowest BCUT2D eigenvalue weighted by Crippen LogP contribution is -2.30. The van der Waals surface area contributed by atoms with Crippen LogP contribution in [0.15, 0.2) is 42.5 Å². The van der Waals surface area contributed by atoms with Crippen LogP contribution in [0, 0.1) is 20.8 Å². The van der Waals surface area contributed by atoms with E-state index in [1.165, 1.54) is 6.08 Å². The average Bonchev–Trinajstić information content (AvgIpc) is 2.63. The zero-order chi connectivity index (χ0) is 20.0. The third kappa shape index (κ3) is 5.71. The normalized spacial score (nSPS) is 11.9. The van der Waals surface area contributed by atoms with Crippen LogP contribution in [0.5, 0.6) is 5.75 Å². The second-order valence-corrected chi connectivity index (χ2v) is 6.45. The summed E-state index contributed by atoms with van der Waals surface area (Å²) in [5, 5.41) is 2.84. The van der Waals surface area contributed by atoms with Crippen LogP contribution >= 0.6 is 0 Å². The molecule has 0 bridgehead atoms. The molecular formula is C22H25NO4. The fraction of sp³-hybridized carbons (Fsp3) is 0.273. The van der Waals surface area contributed by atoms with Gasteiger partial charge in [-0.2, -0.15) is 0 Å². The van der Waals surface area contributed by atoms with Gasteiger partial charge in [0.15, 0.2) is 6.10 Å². The predicted molar refractivity (Wildman–Crippen MR) is 107 cm³/mol. The van der Waals surface area contributed by atoms with Crippen molar-refractivity contribution in [3.63, 3.8) is 0 Å². The van der Waals surface area contributed by atoms with E-state index in [0.717, 1.165) is 33.7 Å². The average molecular weight is 367 g/mol. The summed E-state index contributed by atoms with van der Waals surface area (Å²) >= 11 is 0. The van der Waals surface area contributed by atoms with Crippen molar-refractivity contribution in [3.8, 4) is 5.75 Å². The Bertz CT molecular complexity index is 830. The topological polar surface area (TPSA) is 64.6 Å². The van der Waals surface area contributed by atoms with E-state index >= 15 is 0 Å². The molecule has 27 heavy (non-hydrogen) atoms. The molecule has 5 heteroatoms. The molecule has 0 aliphatic heterocycles. The van der Waals surface area contributed by atoms with Crippen molar-refractivity contribution in [1.29, 1.82) is 0 Å². The second kappa shape index (κ2) is 9.03. The maximum atomic E-state index is 12.4. The van der Waals surface area contributed by atoms with Gasteiger partial charge in [0.25, 0.3) is 5.91 Å². The maximum absolute atomic E-state index is 12.4. The fourth-order valence-electron chi connectivity index (χ4n) is 2.75. The Morgan fingerprint density at radius 3 is 2.19 bits per heavy atom. The van der Waals surface area contributed by atoms with Gasteiger partial charge in [-0.1, -0.05) is 29.8 Å². The molecule has 0 aromatic heterocycles. The summed E-state index contributed by atoms with van der Waals surface area (Å²) in [6.07, 6.45) is 2.02. The van der Waals surface area contributed by atoms with Gasteiger partial charge >= 0.3 is 5.97 Å². The van der Waals surface area contributed by atoms with E-state index in [-0.39, 0.29) is 5.91 Å². The fourth-order valence-corrected chi connectivity index (χ4v) is 2.75. The summed E-state index contributed by atoms with van der Waals surface area (Å²) in [6.45, 7) is 7.42. The van der Waals surface area contributed by atoms with E-state index in [1.54, 1.807) is 32.2 Å². The first-order valence-corrected chi connectivity index (χ1v) is 8.71. The number of aryl methyl sites for hydroxylation is 3. The molecule has 0 radical (unpaired) electrons. The SMILES string of the molecule is COc1ccc(/C=C/C(=O)OC(C)C(=O)Nc2c(C)cc(C)cc2C)cc1. The third-order valence-electron chi connectivity index (χ3n) is 4.12. The molecule has 1 amide bonds. The van der Waals surface area contributed by atoms with Crippen LogP contribution in [-0.2, 0) is 14.3 Å². The zero-order valence-corrected chi connectivity index (χ0v) is 16.3. The molecule has 0 spiro atoms. The summed E-state index contributed by atoms with van der Waals surface area (Å²) in [6, 6.07) is 11.2. The Labute approximate surface area is 160 Å². The van der Waals surface area contributed by atoms with Crippen LogP contribution in [0.2, 0.25) is 0 Å². The molecule has 0 fully saturated rings. The molecule has 0 saturated carbocycles. The van der Waals surface area contributed by atoms with Crippen LogP contribution in [-0.4, -0.2) is 25.1 Å². The number of anilines is 1. The Morgan fingerprint density at radius 2 is 1.63 bits per heavy atom. The Morgan fingerprint density at radius 1 is 1.04 bits per heavy atom. The summed E-state index contributed by atoms with van der Waals surface area (Å²) in [7, 11) is 1.59. The smallest absolute Gasteiger partial charge is 0.331 e. The molecule has 142 valence electrons. The minimum Gasteiger partial charge on any atom is -0.497 e. The molecule has 2 aromatic rings. The van der Waals surface area contributed by atoms with Gasteiger partial charge in [-0.3, -0.25) is 4.79 Å². The minimum atomic E-state index is -0.905. The quantitative estimate of drug-likeness (QED) is 0.614. The molecule has 0 saturated heterocycles. The predicted octanol–water partition coefficient (Wildman–Crippen LogP) is 4.20. The number of hydrogen-bond donors (Lipinski definition) is 1. The molecule has 0 aliphatic rings. The van der Waals surface area contributed by atoms with Gasteiger partial charge in [0.1, 0.15) is 5.75 Å². The Hall–Kier alpha value is -3.08. The molecule has 2 aromatic carbocycles. The molecule has 1 unspecified atom stereocenters. The van der Waals surface area contributed by atoms with Crippen molar-refractivity contribution in [2.75, 3.05) is 12.4 Å². The van der Waals surface area contributed by atoms with Gasteiger partial charge in [0.05, 0.1) is 7.11 Å². The number of amides is 1. The van der Waals surface area contributed by atoms with Gasteiger partial charge in [-0.25, -0.2) is 4.79 Å². The number of carbonyl (C=O) groups excluding carboxylic acids is 2. The number of rotatable bonds is 6. The van der Waals surface area contributed by atoms with Crippen LogP contribution in [0.1, 0.15) is 29.2 Å². The zero-order valence-electron chi connectivity index (χ0n) is 16.3. The van der Waals surface area contributed by atoms with E-state index in [2.05, 4.69) is 5.32 Å². The van der Waals surface area contributed by atoms with E-state index in [9.17, 15) is 9.59 Å². The first-order valence-electron chi connectivity index (χ1n) is 8.71. The van der Waals surface area contributed by atoms with E-state index in [0.29, 0.717) is 0 Å². The Balaban J connectivity index is 1.95. The van der Waals surface area contributed by atoms with Crippen LogP contribution < -0.4 is 10.1 Å². The number of esters is 1. The van der Waals surface area contributed by atoms with Gasteiger partial charge < -0.3 is 14.8 Å². The van der Waals surface area contributed by atoms with Gasteiger partial charge in [-0.15, -0.1) is 0 Å². The van der Waals surface area contributed by atoms with Crippen molar-refractivity contribution < 1.29 is 19.1 Å². The van der Waals surface area contributed by atoms with Gasteiger partial charge in [0.2, 0.25) is 0 Å². The number of methoxy groups -OCH3 is 1. The number of benzene rings is 2. The van der Waals surface area contributed by atoms with Gasteiger partial charge in [-0.05, 0) is 62.6 Å². The van der Waals surface area contributed by atoms with Crippen LogP contribution in [0.25, 0.3) is 6.08 Å². The lowest BCUT2D eigenvalue weighted by Gasteiger charge is -2.16. The highest BCUT2D eigenvalue weighted by Gasteiger charge is 2.18. The van der Waals surface area contributed by atoms with Crippen molar-refractivity contribution in [2.24, 2.45) is 0 Å². The lowest BCUT2D eigenvalue weighted by atomic mass is 10.0. The molecule has 1 N–H and O–H groups in total. The largest absolute Gasteiger partial charge is 0.497 e. The summed E-state index contributed by atoms with van der Waals surface area (Å²) in [5.41, 5.74) is 4.65. The first-order chi connectivity index (χ1) is 12.8. The third-order valence-corrected chi connectivity index (χ3v) is 4.12. The monoisotopic (exact) mass is 367 g/mol. The first kappa shape index (κ1) is 20.2. The summed E-state index contributed by atoms with van der Waals surface area (Å²) in [5.74, 6) is -0.205. The van der Waals surface area contributed by atoms with Crippen molar-refractivity contribution in [1.82, 2.24) is 0 Å². The second-order valence-electron chi connectivity index (χ2n) is 6.45. The number of carbonyl (C=O) groups is 2. The van der Waals surface area contributed by atoms with Crippen molar-refractivity contribution in [2.45, 2.75) is 33.8 Å². The maximum Gasteiger partial charge on any atom is 0.331 e. The number of hydrogen-bond acceptors (Lipinski definition) is 4. The standard InChI is InChI=1S/C22H25NO4/c1-14-12-15(2)21(16(3)13-14)23-22(25)17(4)27-20(24)11-8-18-6-9-19(26-5)10-7-18/h6-13,17H,1-5H3,(H,23,25)/b11-8+. The highest BCUT2D eigenvalue weighted by atomic mass is 16.5. The summed E-state index contributed by atoms with van der Waals surface area (Å²) in [4.78, 5) is 24.3. The molecular weight excluding hydrogens is 342 g/mol. The number of ether oxygens (including phenoxy) is 2. The molecule has 0 aliphatic carbocycles. The summed E-state index contributed by atoms with van der Waals surface area (Å²) < 4.78 is 10.3. The lowest BCUT2D eigenvalue weighted by molar-refractivity contribution is -0.148. The molecule has 0 heterocycles. The molecule has 1 atom stereocenters. The Kier molecular flexibility index (Phi) is 6.77. The van der Waals surface area contributed by atoms with Crippen LogP contribution in [0.3, 0.4) is 0 Å². The molecule has 2 rings (SSSR count). The van der Waals surface area contributed by atoms with Crippen LogP contribution in [0.4, 0.5) is 5.69 Å². The highest BCUT2D eigenvalue weighted by Crippen LogP contribution is 2.22.